The van der Waals surface area contributed by atoms with Crippen LogP contribution in [0.25, 0.3) is 0 Å². The molecule has 20 heavy (non-hydrogen) atoms. The van der Waals surface area contributed by atoms with Crippen molar-refractivity contribution in [3.63, 3.8) is 0 Å². The predicted octanol–water partition coefficient (Wildman–Crippen LogP) is 4.19. The second kappa shape index (κ2) is 6.02. The van der Waals surface area contributed by atoms with Crippen molar-refractivity contribution in [3.8, 4) is 0 Å². The van der Waals surface area contributed by atoms with Crippen molar-refractivity contribution in [1.82, 2.24) is 5.32 Å². The van der Waals surface area contributed by atoms with Gasteiger partial charge in [0.1, 0.15) is 5.82 Å². The van der Waals surface area contributed by atoms with Gasteiger partial charge in [0.25, 0.3) is 0 Å². The van der Waals surface area contributed by atoms with Crippen molar-refractivity contribution >= 4 is 21.6 Å². The monoisotopic (exact) mass is 342 g/mol. The van der Waals surface area contributed by atoms with Crippen LogP contribution in [0.15, 0.2) is 22.7 Å². The number of nitrogens with one attached hydrogen (secondary N) is 1. The molecule has 0 saturated carbocycles. The van der Waals surface area contributed by atoms with Gasteiger partial charge >= 0.3 is 0 Å². The molecule has 0 radical (unpaired) electrons. The fourth-order valence-electron chi connectivity index (χ4n) is 2.79. The van der Waals surface area contributed by atoms with E-state index in [4.69, 9.17) is 0 Å². The molecule has 1 fully saturated rings. The normalized spacial score (nSPS) is 27.1. The Kier molecular flexibility index (Phi) is 4.75. The van der Waals surface area contributed by atoms with Crippen LogP contribution in [-0.4, -0.2) is 24.7 Å². The lowest BCUT2D eigenvalue weighted by molar-refractivity contribution is 0.253. The first-order valence-electron chi connectivity index (χ1n) is 7.33. The molecule has 0 amide bonds. The highest BCUT2D eigenvalue weighted by atomic mass is 79.9. The maximum Gasteiger partial charge on any atom is 0.137 e. The third-order valence-electron chi connectivity index (χ3n) is 4.44. The van der Waals surface area contributed by atoms with E-state index < -0.39 is 0 Å². The molecule has 2 unspecified atom stereocenters. The van der Waals surface area contributed by atoms with Crippen LogP contribution < -0.4 is 10.2 Å². The van der Waals surface area contributed by atoms with Crippen LogP contribution in [0.4, 0.5) is 10.1 Å². The Hall–Kier alpha value is -0.610. The molecule has 0 aromatic heterocycles. The standard InChI is InChI=1S/C16H24BrFN2/c1-5-16(4)10-20(15(9-19-16)11(2)3)12-6-7-14(18)13(17)8-12/h6-8,11,15,19H,5,9-10H2,1-4H3. The summed E-state index contributed by atoms with van der Waals surface area (Å²) in [6.07, 6.45) is 1.08. The van der Waals surface area contributed by atoms with Crippen LogP contribution in [0.5, 0.6) is 0 Å². The third-order valence-corrected chi connectivity index (χ3v) is 5.05. The van der Waals surface area contributed by atoms with E-state index in [1.165, 1.54) is 0 Å². The summed E-state index contributed by atoms with van der Waals surface area (Å²) in [6, 6.07) is 5.76. The molecule has 2 rings (SSSR count). The Labute approximate surface area is 129 Å². The maximum atomic E-state index is 13.5. The van der Waals surface area contributed by atoms with Crippen LogP contribution in [0.1, 0.15) is 34.1 Å². The number of hydrogen-bond acceptors (Lipinski definition) is 2. The van der Waals surface area contributed by atoms with Gasteiger partial charge in [-0.25, -0.2) is 4.39 Å². The van der Waals surface area contributed by atoms with E-state index in [0.717, 1.165) is 25.2 Å². The van der Waals surface area contributed by atoms with Crippen molar-refractivity contribution < 1.29 is 4.39 Å². The van der Waals surface area contributed by atoms with Crippen LogP contribution >= 0.6 is 15.9 Å². The molecule has 1 aliphatic rings. The Balaban J connectivity index is 2.33. The third kappa shape index (κ3) is 3.17. The molecule has 0 bridgehead atoms. The van der Waals surface area contributed by atoms with Crippen LogP contribution in [0, 0.1) is 11.7 Å². The Morgan fingerprint density at radius 3 is 2.75 bits per heavy atom. The van der Waals surface area contributed by atoms with E-state index in [9.17, 15) is 4.39 Å². The summed E-state index contributed by atoms with van der Waals surface area (Å²) in [5, 5.41) is 3.67. The van der Waals surface area contributed by atoms with Gasteiger partial charge in [0.2, 0.25) is 0 Å². The summed E-state index contributed by atoms with van der Waals surface area (Å²) in [5.74, 6) is 0.343. The zero-order valence-corrected chi connectivity index (χ0v) is 14.3. The molecule has 2 nitrogen and oxygen atoms in total. The van der Waals surface area contributed by atoms with Gasteiger partial charge in [-0.2, -0.15) is 0 Å². The Bertz CT molecular complexity index is 478. The number of rotatable bonds is 3. The first-order chi connectivity index (χ1) is 9.36. The van der Waals surface area contributed by atoms with E-state index in [2.05, 4.69) is 53.8 Å². The number of piperazine rings is 1. The summed E-state index contributed by atoms with van der Waals surface area (Å²) in [7, 11) is 0. The lowest BCUT2D eigenvalue weighted by Gasteiger charge is -2.48. The highest BCUT2D eigenvalue weighted by Crippen LogP contribution is 2.30. The number of benzene rings is 1. The van der Waals surface area contributed by atoms with Crippen molar-refractivity contribution in [2.24, 2.45) is 5.92 Å². The van der Waals surface area contributed by atoms with Gasteiger partial charge in [-0.15, -0.1) is 0 Å². The van der Waals surface area contributed by atoms with Crippen molar-refractivity contribution in [2.75, 3.05) is 18.0 Å². The van der Waals surface area contributed by atoms with Gasteiger partial charge in [0.15, 0.2) is 0 Å². The molecule has 112 valence electrons. The van der Waals surface area contributed by atoms with Crippen LogP contribution in [0.2, 0.25) is 0 Å². The summed E-state index contributed by atoms with van der Waals surface area (Å²) < 4.78 is 14.0. The van der Waals surface area contributed by atoms with Gasteiger partial charge in [-0.05, 0) is 53.4 Å². The lowest BCUT2D eigenvalue weighted by atomic mass is 9.89. The zero-order chi connectivity index (χ0) is 14.9. The lowest BCUT2D eigenvalue weighted by Crippen LogP contribution is -2.64. The summed E-state index contributed by atoms with van der Waals surface area (Å²) in [4.78, 5) is 2.43. The summed E-state index contributed by atoms with van der Waals surface area (Å²) >= 11 is 3.30. The molecule has 1 saturated heterocycles. The minimum atomic E-state index is -0.205. The molecule has 1 aromatic rings. The maximum absolute atomic E-state index is 13.5. The topological polar surface area (TPSA) is 15.3 Å². The molecule has 4 heteroatoms. The van der Waals surface area contributed by atoms with Gasteiger partial charge in [0.05, 0.1) is 4.47 Å². The first-order valence-corrected chi connectivity index (χ1v) is 8.12. The molecule has 1 aromatic carbocycles. The molecule has 0 aliphatic carbocycles. The Morgan fingerprint density at radius 2 is 2.20 bits per heavy atom. The number of nitrogens with zero attached hydrogens (tertiary/aromatic N) is 1. The SMILES string of the molecule is CCC1(C)CN(c2ccc(F)c(Br)c2)C(C(C)C)CN1. The zero-order valence-electron chi connectivity index (χ0n) is 12.7. The minimum absolute atomic E-state index is 0.117. The number of anilines is 1. The fourth-order valence-corrected chi connectivity index (χ4v) is 3.16. The Morgan fingerprint density at radius 1 is 1.50 bits per heavy atom. The quantitative estimate of drug-likeness (QED) is 0.885. The molecular formula is C16H24BrFN2. The van der Waals surface area contributed by atoms with Gasteiger partial charge in [-0.3, -0.25) is 0 Å². The minimum Gasteiger partial charge on any atom is -0.365 e. The molecular weight excluding hydrogens is 319 g/mol. The van der Waals surface area contributed by atoms with Crippen molar-refractivity contribution in [1.29, 1.82) is 0 Å². The highest BCUT2D eigenvalue weighted by molar-refractivity contribution is 9.10. The van der Waals surface area contributed by atoms with Gasteiger partial charge in [0, 0.05) is 30.4 Å². The molecule has 0 spiro atoms. The average molecular weight is 343 g/mol. The van der Waals surface area contributed by atoms with Crippen molar-refractivity contribution in [3.05, 3.63) is 28.5 Å². The second-order valence-corrected chi connectivity index (χ2v) is 7.19. The van der Waals surface area contributed by atoms with Gasteiger partial charge < -0.3 is 10.2 Å². The largest absolute Gasteiger partial charge is 0.365 e. The number of halogens is 2. The average Bonchev–Trinajstić information content (AvgIpc) is 2.41. The van der Waals surface area contributed by atoms with Crippen molar-refractivity contribution in [2.45, 2.75) is 45.7 Å². The molecule has 1 heterocycles. The predicted molar refractivity (Wildman–Crippen MR) is 86.8 cm³/mol. The highest BCUT2D eigenvalue weighted by Gasteiger charge is 2.36. The first kappa shape index (κ1) is 15.8. The van der Waals surface area contributed by atoms with E-state index in [1.54, 1.807) is 6.07 Å². The van der Waals surface area contributed by atoms with E-state index >= 15 is 0 Å². The van der Waals surface area contributed by atoms with Crippen LogP contribution in [-0.2, 0) is 0 Å². The number of hydrogen-bond donors (Lipinski definition) is 1. The van der Waals surface area contributed by atoms with E-state index in [-0.39, 0.29) is 11.4 Å². The molecule has 1 N–H and O–H groups in total. The van der Waals surface area contributed by atoms with E-state index in [1.807, 2.05) is 12.1 Å². The van der Waals surface area contributed by atoms with Crippen LogP contribution in [0.3, 0.4) is 0 Å². The second-order valence-electron chi connectivity index (χ2n) is 6.33. The smallest absolute Gasteiger partial charge is 0.137 e. The summed E-state index contributed by atoms with van der Waals surface area (Å²) in [5.41, 5.74) is 1.21. The molecule has 1 aliphatic heterocycles. The van der Waals surface area contributed by atoms with E-state index in [0.29, 0.717) is 16.4 Å². The molecule has 2 atom stereocenters. The van der Waals surface area contributed by atoms with Gasteiger partial charge in [-0.1, -0.05) is 20.8 Å². The summed E-state index contributed by atoms with van der Waals surface area (Å²) in [6.45, 7) is 10.9. The fraction of sp³-hybridized carbons (Fsp3) is 0.625.